The first-order valence-electron chi connectivity index (χ1n) is 41.4. The molecule has 0 saturated heterocycles. The lowest BCUT2D eigenvalue weighted by molar-refractivity contribution is -0.139. The van der Waals surface area contributed by atoms with Gasteiger partial charge in [0.1, 0.15) is 77.2 Å². The number of aromatic hydroxyl groups is 1. The second kappa shape index (κ2) is 48.6. The minimum atomic E-state index is -1.90. The van der Waals surface area contributed by atoms with Crippen LogP contribution in [0.4, 0.5) is 0 Å². The molecule has 35 nitrogen and oxygen atoms in total. The Labute approximate surface area is 706 Å². The van der Waals surface area contributed by atoms with Crippen molar-refractivity contribution >= 4 is 105 Å². The number of nitrogens with two attached hydrogens (primary N) is 2. The maximum absolute atomic E-state index is 15.2. The SMILES string of the molecule is CC(=O)N[C@@H](CC(C)C)C(=O)N[C@H](C(=O)N[C@@H](Cc1ccccc1)C(=O)N[C@]1(C)CCCCCC/C=C/CCC[C@@](C)(C(=O)N[C@@H](CO)C(=O)N[C@@H](C)C(=O)N[C@@H](C)C(N)=O)NC(=O)[C@H](CCC(C)C)CC(=O)[C@H](CCC(N)=O)NC(=O)C(C)NC(=O)[C@H](Cc2c[nH]c3ccccc23)NC(=O)[C@H](Cc2ccc(O)cc2)NC(=O)C(C)NC1=O)[C@@H](C)O. The third-order valence-corrected chi connectivity index (χ3v) is 21.1. The van der Waals surface area contributed by atoms with Crippen LogP contribution in [0.2, 0.25) is 0 Å². The Hall–Kier alpha value is -11.6. The number of phenols is 1. The number of rotatable bonds is 30. The van der Waals surface area contributed by atoms with Crippen LogP contribution >= 0.6 is 0 Å². The number of Topliss-reactive ketones (excluding diaryl/α,β-unsaturated/α-hetero) is 1. The van der Waals surface area contributed by atoms with Gasteiger partial charge in [0, 0.05) is 62.0 Å². The zero-order valence-corrected chi connectivity index (χ0v) is 71.4. The number of aromatic nitrogens is 1. The molecule has 0 aliphatic carbocycles. The molecule has 15 amide bonds. The van der Waals surface area contributed by atoms with Crippen LogP contribution in [0.3, 0.4) is 0 Å². The molecular formula is C86H126N16O19. The number of hydrogen-bond donors (Lipinski definition) is 19. The molecule has 3 aromatic carbocycles. The number of allylic oxidation sites excluding steroid dienone is 2. The number of ketones is 1. The van der Waals surface area contributed by atoms with E-state index in [4.69, 9.17) is 11.5 Å². The van der Waals surface area contributed by atoms with Crippen LogP contribution in [0.25, 0.3) is 10.9 Å². The summed E-state index contributed by atoms with van der Waals surface area (Å²) in [5, 5.41) is 66.7. The number of hydrogen-bond acceptors (Lipinski definition) is 19. The number of nitrogens with one attached hydrogen (secondary N) is 14. The zero-order valence-electron chi connectivity index (χ0n) is 71.4. The third kappa shape index (κ3) is 33.1. The fraction of sp³-hybridized carbons (Fsp3) is 0.558. The minimum Gasteiger partial charge on any atom is -0.508 e. The van der Waals surface area contributed by atoms with Gasteiger partial charge < -0.3 is 101 Å². The molecule has 35 heteroatoms. The van der Waals surface area contributed by atoms with Crippen molar-refractivity contribution in [2.45, 2.75) is 282 Å². The van der Waals surface area contributed by atoms with E-state index < -0.39 is 203 Å². The Morgan fingerprint density at radius 2 is 1.14 bits per heavy atom. The number of carbonyl (C=O) groups is 16. The molecule has 0 spiro atoms. The molecule has 1 aliphatic heterocycles. The highest BCUT2D eigenvalue weighted by Gasteiger charge is 2.43. The predicted octanol–water partition coefficient (Wildman–Crippen LogP) is 1.35. The summed E-state index contributed by atoms with van der Waals surface area (Å²) < 4.78 is 0. The quantitative estimate of drug-likeness (QED) is 0.0328. The van der Waals surface area contributed by atoms with E-state index in [0.29, 0.717) is 66.1 Å². The van der Waals surface area contributed by atoms with E-state index in [1.54, 1.807) is 60.8 Å². The van der Waals surface area contributed by atoms with Crippen molar-refractivity contribution in [1.82, 2.24) is 74.1 Å². The van der Waals surface area contributed by atoms with E-state index in [2.05, 4.69) is 74.1 Å². The highest BCUT2D eigenvalue weighted by molar-refractivity contribution is 6.02. The number of phenolic OH excluding ortho intramolecular Hbond substituents is 1. The van der Waals surface area contributed by atoms with Crippen molar-refractivity contribution in [3.63, 3.8) is 0 Å². The lowest BCUT2D eigenvalue weighted by atomic mass is 9.87. The van der Waals surface area contributed by atoms with Gasteiger partial charge in [-0.2, -0.15) is 0 Å². The molecular weight excluding hydrogens is 1560 g/mol. The predicted molar refractivity (Wildman–Crippen MR) is 450 cm³/mol. The van der Waals surface area contributed by atoms with Crippen LogP contribution in [-0.2, 0) is 96.0 Å². The molecule has 0 radical (unpaired) electrons. The molecule has 21 N–H and O–H groups in total. The van der Waals surface area contributed by atoms with Crippen molar-refractivity contribution in [2.75, 3.05) is 6.61 Å². The van der Waals surface area contributed by atoms with Crippen LogP contribution in [0.5, 0.6) is 5.75 Å². The first kappa shape index (κ1) is 99.9. The molecule has 121 heavy (non-hydrogen) atoms. The van der Waals surface area contributed by atoms with Crippen LogP contribution in [0.1, 0.15) is 196 Å². The summed E-state index contributed by atoms with van der Waals surface area (Å²) in [7, 11) is 0. The summed E-state index contributed by atoms with van der Waals surface area (Å²) in [4.78, 5) is 229. The van der Waals surface area contributed by atoms with Crippen molar-refractivity contribution in [1.29, 1.82) is 0 Å². The Morgan fingerprint density at radius 3 is 1.76 bits per heavy atom. The summed E-state index contributed by atoms with van der Waals surface area (Å²) >= 11 is 0. The molecule has 2 heterocycles. The molecule has 1 aliphatic rings. The lowest BCUT2D eigenvalue weighted by Gasteiger charge is -2.33. The van der Waals surface area contributed by atoms with Crippen molar-refractivity contribution in [3.05, 3.63) is 114 Å². The van der Waals surface area contributed by atoms with Gasteiger partial charge in [-0.1, -0.05) is 126 Å². The molecule has 15 atom stereocenters. The van der Waals surface area contributed by atoms with Gasteiger partial charge in [0.15, 0.2) is 5.78 Å². The number of aliphatic hydroxyl groups is 2. The number of amides is 15. The molecule has 0 saturated carbocycles. The van der Waals surface area contributed by atoms with E-state index in [1.165, 1.54) is 79.7 Å². The van der Waals surface area contributed by atoms with E-state index in [0.717, 1.165) is 0 Å². The standard InChI is InChI=1S/C86H126N16O19/c1-48(2)31-34-58-45-69(107)63(37-38-70(87)108)95-74(111)52(7)91-77(114)67(44-59-46-89-62-30-24-23-29-61(59)62)97-78(115)65(43-57-32-35-60(106)36-33-57)96-75(112)53(8)93-83(120)85(11,102-81(118)66(42-56-27-21-20-22-28-56)98-82(119)71(54(9)104)100-79(116)64(41-49(3)4)94-55(10)105)39-25-18-16-14-13-15-17-19-26-40-86(12,101-76(58)113)84(121)99-68(47-103)80(117)92-51(6)73(110)90-50(5)72(88)109/h15,17,20-24,27-30,32-33,35-36,46,48-54,58,63-68,71,89,103-104,106H,13-14,16,18-19,25-26,31,34,37-45,47H2,1-12H3,(H2,87,108)(H2,88,109)(H,90,110)(H,91,114)(H,92,117)(H,93,120)(H,94,105)(H,95,111)(H,96,112)(H,97,115)(H,98,119)(H,99,121)(H,100,116)(H,101,113)(H,102,118)/b17-15+/t50-,51-,52?,53?,54+,58+,63-,64-,65-,66-,67-,68-,71-,85+,86-/m0/s1. The summed E-state index contributed by atoms with van der Waals surface area (Å²) in [6.45, 7) is 16.9. The van der Waals surface area contributed by atoms with Crippen LogP contribution < -0.4 is 80.6 Å². The van der Waals surface area contributed by atoms with Gasteiger partial charge in [-0.15, -0.1) is 0 Å². The van der Waals surface area contributed by atoms with Gasteiger partial charge in [0.25, 0.3) is 0 Å². The number of aromatic amines is 1. The topological polar surface area (TPSA) is 558 Å². The minimum absolute atomic E-state index is 0.0381. The van der Waals surface area contributed by atoms with Gasteiger partial charge in [-0.25, -0.2) is 0 Å². The number of benzene rings is 3. The number of fused-ring (bicyclic) bond motifs is 1. The largest absolute Gasteiger partial charge is 0.508 e. The lowest BCUT2D eigenvalue weighted by Crippen LogP contribution is -2.64. The zero-order chi connectivity index (χ0) is 90.0. The Kier molecular flexibility index (Phi) is 40.1. The summed E-state index contributed by atoms with van der Waals surface area (Å²) in [6.07, 6.45) is 5.12. The fourth-order valence-electron chi connectivity index (χ4n) is 13.6. The van der Waals surface area contributed by atoms with Gasteiger partial charge in [0.05, 0.1) is 18.8 Å². The molecule has 0 fully saturated rings. The highest BCUT2D eigenvalue weighted by atomic mass is 16.3. The van der Waals surface area contributed by atoms with Crippen molar-refractivity contribution < 1.29 is 92.0 Å². The highest BCUT2D eigenvalue weighted by Crippen LogP contribution is 2.26. The molecule has 664 valence electrons. The monoisotopic (exact) mass is 1690 g/mol. The third-order valence-electron chi connectivity index (χ3n) is 21.1. The summed E-state index contributed by atoms with van der Waals surface area (Å²) in [6, 6.07) is 5.21. The normalized spacial score (nSPS) is 22.7. The molecule has 1 aromatic heterocycles. The maximum atomic E-state index is 15.2. The number of carbonyl (C=O) groups excluding carboxylic acids is 16. The molecule has 4 aromatic rings. The second-order valence-corrected chi connectivity index (χ2v) is 32.8. The Balaban J connectivity index is 1.60. The van der Waals surface area contributed by atoms with Gasteiger partial charge in [0.2, 0.25) is 88.6 Å². The fourth-order valence-corrected chi connectivity index (χ4v) is 13.6. The van der Waals surface area contributed by atoms with Crippen LogP contribution in [-0.4, -0.2) is 205 Å². The first-order valence-corrected chi connectivity index (χ1v) is 41.4. The molecule has 5 rings (SSSR count). The van der Waals surface area contributed by atoms with Gasteiger partial charge >= 0.3 is 0 Å². The van der Waals surface area contributed by atoms with Crippen LogP contribution in [0.15, 0.2) is 97.2 Å². The first-order chi connectivity index (χ1) is 57.0. The number of H-pyrrole nitrogens is 1. The molecule has 2 unspecified atom stereocenters. The Bertz CT molecular complexity index is 4270. The average molecular weight is 1690 g/mol. The van der Waals surface area contributed by atoms with Crippen molar-refractivity contribution in [2.24, 2.45) is 29.2 Å². The summed E-state index contributed by atoms with van der Waals surface area (Å²) in [5.74, 6) is -15.4. The number of primary amides is 2. The van der Waals surface area contributed by atoms with E-state index in [9.17, 15) is 77.6 Å². The Morgan fingerprint density at radius 1 is 0.554 bits per heavy atom. The number of aliphatic hydroxyl groups excluding tert-OH is 2. The smallest absolute Gasteiger partial charge is 0.246 e. The average Bonchev–Trinajstić information content (AvgIpc) is 1.74. The van der Waals surface area contributed by atoms with Gasteiger partial charge in [-0.3, -0.25) is 76.7 Å². The maximum Gasteiger partial charge on any atom is 0.246 e. The van der Waals surface area contributed by atoms with Gasteiger partial charge in [-0.05, 0) is 153 Å². The number of para-hydroxylation sites is 1. The van der Waals surface area contributed by atoms with E-state index in [1.807, 2.05) is 39.8 Å². The van der Waals surface area contributed by atoms with Crippen molar-refractivity contribution in [3.8, 4) is 5.75 Å². The van der Waals surface area contributed by atoms with E-state index in [-0.39, 0.29) is 81.8 Å². The summed E-state index contributed by atoms with van der Waals surface area (Å²) in [5.41, 5.74) is 9.25. The van der Waals surface area contributed by atoms with Crippen LogP contribution in [0, 0.1) is 17.8 Å². The second-order valence-electron chi connectivity index (χ2n) is 32.8. The van der Waals surface area contributed by atoms with E-state index >= 15 is 14.4 Å². The molecule has 0 bridgehead atoms.